The molecule has 0 aliphatic heterocycles. The van der Waals surface area contributed by atoms with Gasteiger partial charge in [-0.15, -0.1) is 0 Å². The first-order valence-electron chi connectivity index (χ1n) is 16.6. The Bertz CT molecular complexity index is 2330. The number of nitrogens with zero attached hydrogens (tertiary/aromatic N) is 4. The van der Waals surface area contributed by atoms with E-state index < -0.39 is 0 Å². The normalized spacial score (nSPS) is 10.9. The van der Waals surface area contributed by atoms with Gasteiger partial charge >= 0.3 is 0 Å². The molecule has 4 nitrogen and oxygen atoms in total. The Morgan fingerprint density at radius 2 is 0.706 bits per heavy atom. The molecule has 6 heteroatoms. The summed E-state index contributed by atoms with van der Waals surface area (Å²) >= 11 is 13.5. The van der Waals surface area contributed by atoms with E-state index >= 15 is 0 Å². The van der Waals surface area contributed by atoms with Crippen LogP contribution in [0.3, 0.4) is 0 Å². The van der Waals surface area contributed by atoms with Crippen LogP contribution in [0.4, 0.5) is 17.1 Å². The fourth-order valence-corrected chi connectivity index (χ4v) is 6.71. The van der Waals surface area contributed by atoms with Crippen LogP contribution in [-0.4, -0.2) is 15.0 Å². The number of anilines is 3. The van der Waals surface area contributed by atoms with E-state index in [2.05, 4.69) is 102 Å². The van der Waals surface area contributed by atoms with Gasteiger partial charge in [-0.3, -0.25) is 0 Å². The Morgan fingerprint density at radius 1 is 0.333 bits per heavy atom. The predicted octanol–water partition coefficient (Wildman–Crippen LogP) is 13.0. The quantitative estimate of drug-likeness (QED) is 0.159. The average molecular weight is 698 g/mol. The molecule has 8 rings (SSSR count). The maximum absolute atomic E-state index is 6.76. The molecule has 8 aromatic rings. The summed E-state index contributed by atoms with van der Waals surface area (Å²) in [5.41, 5.74) is 9.38. The van der Waals surface area contributed by atoms with E-state index in [0.29, 0.717) is 38.6 Å². The summed E-state index contributed by atoms with van der Waals surface area (Å²) in [6.45, 7) is 0. The lowest BCUT2D eigenvalue weighted by molar-refractivity contribution is 1.07. The van der Waals surface area contributed by atoms with Crippen molar-refractivity contribution in [2.75, 3.05) is 4.90 Å². The summed E-state index contributed by atoms with van der Waals surface area (Å²) in [5, 5.41) is 1.09. The number of para-hydroxylation sites is 2. The van der Waals surface area contributed by atoms with Crippen LogP contribution in [0.1, 0.15) is 0 Å². The van der Waals surface area contributed by atoms with E-state index in [4.69, 9.17) is 38.2 Å². The van der Waals surface area contributed by atoms with Crippen LogP contribution in [0.2, 0.25) is 10.0 Å². The fraction of sp³-hybridized carbons (Fsp3) is 0. The summed E-state index contributed by atoms with van der Waals surface area (Å²) in [5.74, 6) is 1.42. The minimum absolute atomic E-state index is 0.458. The first-order chi connectivity index (χ1) is 25.1. The molecule has 0 aliphatic carbocycles. The Kier molecular flexibility index (Phi) is 9.09. The second-order valence-electron chi connectivity index (χ2n) is 11.9. The SMILES string of the molecule is Clc1ccccc1-c1nc(-c2ccccc2Cl)nc(-c2cc(-c3ccccc3)c(N(c3ccccc3)c3ccccc3)cc2-c2ccccc2)n1. The number of halogens is 2. The van der Waals surface area contributed by atoms with Gasteiger partial charge in [0.05, 0.1) is 15.7 Å². The van der Waals surface area contributed by atoms with Crippen LogP contribution in [0.5, 0.6) is 0 Å². The minimum atomic E-state index is 0.458. The molecular formula is C45H30Cl2N4. The van der Waals surface area contributed by atoms with Crippen molar-refractivity contribution >= 4 is 40.3 Å². The Balaban J connectivity index is 1.47. The van der Waals surface area contributed by atoms with Gasteiger partial charge in [-0.25, -0.2) is 15.0 Å². The first-order valence-corrected chi connectivity index (χ1v) is 17.3. The number of benzene rings is 7. The molecule has 0 saturated heterocycles. The van der Waals surface area contributed by atoms with Crippen LogP contribution in [0, 0.1) is 0 Å². The van der Waals surface area contributed by atoms with Crippen molar-refractivity contribution in [3.63, 3.8) is 0 Å². The topological polar surface area (TPSA) is 41.9 Å². The third kappa shape index (κ3) is 6.63. The number of aromatic nitrogens is 3. The van der Waals surface area contributed by atoms with Gasteiger partial charge in [0.2, 0.25) is 0 Å². The molecule has 51 heavy (non-hydrogen) atoms. The molecule has 0 N–H and O–H groups in total. The van der Waals surface area contributed by atoms with Crippen molar-refractivity contribution < 1.29 is 0 Å². The molecule has 0 unspecified atom stereocenters. The molecule has 0 saturated carbocycles. The van der Waals surface area contributed by atoms with Gasteiger partial charge in [0.15, 0.2) is 17.5 Å². The third-order valence-corrected chi connectivity index (χ3v) is 9.34. The summed E-state index contributed by atoms with van der Waals surface area (Å²) in [6, 6.07) is 61.3. The predicted molar refractivity (Wildman–Crippen MR) is 212 cm³/mol. The minimum Gasteiger partial charge on any atom is -0.310 e. The largest absolute Gasteiger partial charge is 0.310 e. The second-order valence-corrected chi connectivity index (χ2v) is 12.7. The van der Waals surface area contributed by atoms with Crippen LogP contribution in [-0.2, 0) is 0 Å². The summed E-state index contributed by atoms with van der Waals surface area (Å²) in [4.78, 5) is 17.5. The zero-order valence-corrected chi connectivity index (χ0v) is 28.9. The molecule has 0 amide bonds. The number of hydrogen-bond acceptors (Lipinski definition) is 4. The summed E-state index contributed by atoms with van der Waals surface area (Å²) < 4.78 is 0. The molecule has 244 valence electrons. The van der Waals surface area contributed by atoms with Gasteiger partial charge in [-0.05, 0) is 77.4 Å². The summed E-state index contributed by atoms with van der Waals surface area (Å²) in [6.07, 6.45) is 0. The standard InChI is InChI=1S/C45H30Cl2N4/c46-40-27-15-13-25-35(40)43-48-44(36-26-14-16-28-41(36)47)50-45(49-43)39-29-38(32-19-7-2-8-20-32)42(30-37(39)31-17-5-1-6-18-31)51(33-21-9-3-10-22-33)34-23-11-4-12-24-34/h1-30H. The molecule has 0 fully saturated rings. The lowest BCUT2D eigenvalue weighted by atomic mass is 9.91. The Morgan fingerprint density at radius 3 is 1.16 bits per heavy atom. The molecule has 1 aromatic heterocycles. The molecular weight excluding hydrogens is 667 g/mol. The van der Waals surface area contributed by atoms with E-state index in [-0.39, 0.29) is 0 Å². The van der Waals surface area contributed by atoms with E-state index in [1.807, 2.05) is 84.9 Å². The molecule has 0 radical (unpaired) electrons. The van der Waals surface area contributed by atoms with Gasteiger partial charge in [0, 0.05) is 33.6 Å². The van der Waals surface area contributed by atoms with Gasteiger partial charge in [0.25, 0.3) is 0 Å². The van der Waals surface area contributed by atoms with Crippen LogP contribution in [0.25, 0.3) is 56.4 Å². The van der Waals surface area contributed by atoms with Crippen LogP contribution >= 0.6 is 23.2 Å². The average Bonchev–Trinajstić information content (AvgIpc) is 3.19. The second kappa shape index (κ2) is 14.4. The highest BCUT2D eigenvalue weighted by atomic mass is 35.5. The van der Waals surface area contributed by atoms with Crippen LogP contribution < -0.4 is 4.90 Å². The van der Waals surface area contributed by atoms with Crippen molar-refractivity contribution in [1.82, 2.24) is 15.0 Å². The van der Waals surface area contributed by atoms with Gasteiger partial charge in [0.1, 0.15) is 0 Å². The maximum Gasteiger partial charge on any atom is 0.165 e. The van der Waals surface area contributed by atoms with Crippen molar-refractivity contribution in [1.29, 1.82) is 0 Å². The molecule has 0 aliphatic rings. The number of hydrogen-bond donors (Lipinski definition) is 0. The van der Waals surface area contributed by atoms with E-state index in [1.54, 1.807) is 0 Å². The maximum atomic E-state index is 6.76. The zero-order valence-electron chi connectivity index (χ0n) is 27.4. The first kappa shape index (κ1) is 32.2. The highest BCUT2D eigenvalue weighted by Crippen LogP contribution is 2.46. The third-order valence-electron chi connectivity index (χ3n) is 8.68. The molecule has 1 heterocycles. The van der Waals surface area contributed by atoms with E-state index in [9.17, 15) is 0 Å². The fourth-order valence-electron chi connectivity index (χ4n) is 6.27. The Hall–Kier alpha value is -6.07. The molecule has 0 bridgehead atoms. The van der Waals surface area contributed by atoms with Crippen molar-refractivity contribution in [3.05, 3.63) is 192 Å². The van der Waals surface area contributed by atoms with Crippen molar-refractivity contribution in [3.8, 4) is 56.4 Å². The number of rotatable bonds is 8. The van der Waals surface area contributed by atoms with Crippen molar-refractivity contribution in [2.45, 2.75) is 0 Å². The Labute approximate surface area is 307 Å². The van der Waals surface area contributed by atoms with Gasteiger partial charge in [-0.2, -0.15) is 0 Å². The zero-order chi connectivity index (χ0) is 34.6. The van der Waals surface area contributed by atoms with Gasteiger partial charge in [-0.1, -0.05) is 145 Å². The van der Waals surface area contributed by atoms with Crippen LogP contribution in [0.15, 0.2) is 182 Å². The summed E-state index contributed by atoms with van der Waals surface area (Å²) in [7, 11) is 0. The highest BCUT2D eigenvalue weighted by molar-refractivity contribution is 6.33. The molecule has 7 aromatic carbocycles. The van der Waals surface area contributed by atoms with Gasteiger partial charge < -0.3 is 4.90 Å². The lowest BCUT2D eigenvalue weighted by Crippen LogP contribution is -2.12. The monoisotopic (exact) mass is 696 g/mol. The highest BCUT2D eigenvalue weighted by Gasteiger charge is 2.24. The van der Waals surface area contributed by atoms with E-state index in [0.717, 1.165) is 44.9 Å². The molecule has 0 spiro atoms. The molecule has 0 atom stereocenters. The van der Waals surface area contributed by atoms with E-state index in [1.165, 1.54) is 0 Å². The lowest BCUT2D eigenvalue weighted by Gasteiger charge is -2.29. The smallest absolute Gasteiger partial charge is 0.165 e. The van der Waals surface area contributed by atoms with Crippen molar-refractivity contribution in [2.24, 2.45) is 0 Å².